The molecule has 6 nitrogen and oxygen atoms in total. The van der Waals surface area contributed by atoms with Crippen LogP contribution in [0.25, 0.3) is 0 Å². The smallest absolute Gasteiger partial charge is 0.339 e. The molecule has 0 bridgehead atoms. The first kappa shape index (κ1) is 14.0. The normalized spacial score (nSPS) is 22.4. The monoisotopic (exact) mass is 286 g/mol. The van der Waals surface area contributed by atoms with Crippen LogP contribution >= 0.6 is 11.6 Å². The number of hydrogen-bond acceptors (Lipinski definition) is 5. The first-order valence-electron chi connectivity index (χ1n) is 5.83. The Balaban J connectivity index is 2.14. The molecule has 0 amide bonds. The number of halogens is 1. The highest BCUT2D eigenvalue weighted by atomic mass is 35.5. The van der Waals surface area contributed by atoms with E-state index >= 15 is 0 Å². The van der Waals surface area contributed by atoms with Crippen molar-refractivity contribution >= 4 is 23.4 Å². The van der Waals surface area contributed by atoms with Gasteiger partial charge >= 0.3 is 5.97 Å². The lowest BCUT2D eigenvalue weighted by Gasteiger charge is -2.26. The number of carbonyl (C=O) groups is 1. The van der Waals surface area contributed by atoms with E-state index in [-0.39, 0.29) is 16.5 Å². The molecule has 2 N–H and O–H groups in total. The van der Waals surface area contributed by atoms with E-state index in [1.807, 2.05) is 0 Å². The molecule has 1 fully saturated rings. The highest BCUT2D eigenvalue weighted by Crippen LogP contribution is 2.24. The lowest BCUT2D eigenvalue weighted by molar-refractivity contribution is -0.00627. The maximum atomic E-state index is 11.1. The molecule has 104 valence electrons. The molecule has 1 aliphatic rings. The van der Waals surface area contributed by atoms with Gasteiger partial charge in [-0.3, -0.25) is 0 Å². The van der Waals surface area contributed by atoms with E-state index in [0.717, 1.165) is 6.42 Å². The van der Waals surface area contributed by atoms with Gasteiger partial charge in [-0.25, -0.2) is 9.78 Å². The van der Waals surface area contributed by atoms with E-state index < -0.39 is 11.6 Å². The van der Waals surface area contributed by atoms with Gasteiger partial charge in [0.15, 0.2) is 0 Å². The minimum atomic E-state index is -1.05. The summed E-state index contributed by atoms with van der Waals surface area (Å²) in [5, 5.41) is 12.3. The number of aromatic carboxylic acids is 1. The van der Waals surface area contributed by atoms with Crippen molar-refractivity contribution in [3.8, 4) is 0 Å². The minimum Gasteiger partial charge on any atom is -0.478 e. The van der Waals surface area contributed by atoms with Gasteiger partial charge in [0.1, 0.15) is 22.1 Å². The number of rotatable bonds is 5. The number of nitrogens with zero attached hydrogens (tertiary/aromatic N) is 1. The van der Waals surface area contributed by atoms with Crippen molar-refractivity contribution in [2.24, 2.45) is 0 Å². The van der Waals surface area contributed by atoms with E-state index in [0.29, 0.717) is 19.8 Å². The van der Waals surface area contributed by atoms with Gasteiger partial charge in [-0.2, -0.15) is 0 Å². The number of pyridine rings is 1. The predicted octanol–water partition coefficient (Wildman–Crippen LogP) is 1.65. The molecule has 1 atom stereocenters. The van der Waals surface area contributed by atoms with Crippen LogP contribution in [0.4, 0.5) is 5.82 Å². The molecule has 1 aromatic heterocycles. The van der Waals surface area contributed by atoms with Crippen molar-refractivity contribution in [3.63, 3.8) is 0 Å². The second-order valence-electron chi connectivity index (χ2n) is 4.38. The number of carboxylic acid groups (broad SMARTS) is 1. The van der Waals surface area contributed by atoms with Crippen LogP contribution < -0.4 is 5.32 Å². The molecule has 7 heteroatoms. The average molecular weight is 287 g/mol. The third-order valence-electron chi connectivity index (χ3n) is 3.17. The van der Waals surface area contributed by atoms with Crippen molar-refractivity contribution < 1.29 is 19.4 Å². The number of ether oxygens (including phenoxy) is 2. The summed E-state index contributed by atoms with van der Waals surface area (Å²) in [5.74, 6) is -0.816. The zero-order chi connectivity index (χ0) is 13.9. The number of methoxy groups -OCH3 is 1. The highest BCUT2D eigenvalue weighted by Gasteiger charge is 2.35. The van der Waals surface area contributed by atoms with Crippen molar-refractivity contribution in [2.75, 3.05) is 32.2 Å². The minimum absolute atomic E-state index is 0.0783. The Kier molecular flexibility index (Phi) is 4.24. The lowest BCUT2D eigenvalue weighted by Crippen LogP contribution is -2.40. The van der Waals surface area contributed by atoms with Crippen LogP contribution in [0.3, 0.4) is 0 Å². The molecule has 0 spiro atoms. The van der Waals surface area contributed by atoms with E-state index in [1.54, 1.807) is 7.11 Å². The largest absolute Gasteiger partial charge is 0.478 e. The standard InChI is InChI=1S/C12H15ClN2O4/c1-18-12(4-5-19-7-12)6-14-10-8(11(16)17)2-3-9(13)15-10/h2-3H,4-7H2,1H3,(H,14,15)(H,16,17). The number of hydrogen-bond donors (Lipinski definition) is 2. The van der Waals surface area contributed by atoms with Gasteiger partial charge in [0.05, 0.1) is 6.61 Å². The second kappa shape index (κ2) is 5.73. The number of aromatic nitrogens is 1. The van der Waals surface area contributed by atoms with Gasteiger partial charge in [0.25, 0.3) is 0 Å². The second-order valence-corrected chi connectivity index (χ2v) is 4.77. The Morgan fingerprint density at radius 2 is 2.47 bits per heavy atom. The van der Waals surface area contributed by atoms with Crippen LogP contribution in [-0.2, 0) is 9.47 Å². The summed E-state index contributed by atoms with van der Waals surface area (Å²) in [6, 6.07) is 2.87. The molecule has 1 aromatic rings. The molecule has 0 saturated carbocycles. The van der Waals surface area contributed by atoms with Gasteiger partial charge in [-0.1, -0.05) is 11.6 Å². The molecule has 1 saturated heterocycles. The predicted molar refractivity (Wildman–Crippen MR) is 69.9 cm³/mol. The number of carboxylic acids is 1. The van der Waals surface area contributed by atoms with E-state index in [1.165, 1.54) is 12.1 Å². The molecule has 2 heterocycles. The van der Waals surface area contributed by atoms with Crippen molar-refractivity contribution in [3.05, 3.63) is 22.8 Å². The average Bonchev–Trinajstić information content (AvgIpc) is 2.85. The van der Waals surface area contributed by atoms with Crippen LogP contribution in [0, 0.1) is 0 Å². The van der Waals surface area contributed by atoms with E-state index in [4.69, 9.17) is 26.2 Å². The SMILES string of the molecule is COC1(CNc2nc(Cl)ccc2C(=O)O)CCOC1. The fourth-order valence-electron chi connectivity index (χ4n) is 1.95. The van der Waals surface area contributed by atoms with Gasteiger partial charge in [-0.05, 0) is 12.1 Å². The summed E-state index contributed by atoms with van der Waals surface area (Å²) in [7, 11) is 1.61. The Hall–Kier alpha value is -1.37. The quantitative estimate of drug-likeness (QED) is 0.801. The van der Waals surface area contributed by atoms with Crippen LogP contribution in [0.2, 0.25) is 5.15 Å². The Morgan fingerprint density at radius 1 is 1.68 bits per heavy atom. The molecule has 1 unspecified atom stereocenters. The maximum absolute atomic E-state index is 11.1. The van der Waals surface area contributed by atoms with Gasteiger partial charge in [0, 0.05) is 26.7 Å². The summed E-state index contributed by atoms with van der Waals surface area (Å²) in [5.41, 5.74) is -0.366. The van der Waals surface area contributed by atoms with Crippen LogP contribution in [-0.4, -0.2) is 48.5 Å². The molecule has 0 aromatic carbocycles. The van der Waals surface area contributed by atoms with Crippen molar-refractivity contribution in [2.45, 2.75) is 12.0 Å². The van der Waals surface area contributed by atoms with Crippen LogP contribution in [0.5, 0.6) is 0 Å². The van der Waals surface area contributed by atoms with Crippen molar-refractivity contribution in [1.29, 1.82) is 0 Å². The molecule has 2 rings (SSSR count). The Morgan fingerprint density at radius 3 is 3.05 bits per heavy atom. The summed E-state index contributed by atoms with van der Waals surface area (Å²) in [6.45, 7) is 1.51. The zero-order valence-corrected chi connectivity index (χ0v) is 11.2. The molecular weight excluding hydrogens is 272 g/mol. The molecular formula is C12H15ClN2O4. The van der Waals surface area contributed by atoms with Crippen LogP contribution in [0.1, 0.15) is 16.8 Å². The first-order chi connectivity index (χ1) is 9.06. The first-order valence-corrected chi connectivity index (χ1v) is 6.21. The lowest BCUT2D eigenvalue weighted by atomic mass is 10.0. The van der Waals surface area contributed by atoms with E-state index in [2.05, 4.69) is 10.3 Å². The Labute approximate surface area is 115 Å². The maximum Gasteiger partial charge on any atom is 0.339 e. The fourth-order valence-corrected chi connectivity index (χ4v) is 2.10. The number of anilines is 1. The summed E-state index contributed by atoms with van der Waals surface area (Å²) in [6.07, 6.45) is 0.749. The van der Waals surface area contributed by atoms with Crippen LogP contribution in [0.15, 0.2) is 12.1 Å². The van der Waals surface area contributed by atoms with Gasteiger partial charge in [0.2, 0.25) is 0 Å². The van der Waals surface area contributed by atoms with Gasteiger partial charge < -0.3 is 19.9 Å². The topological polar surface area (TPSA) is 80.7 Å². The van der Waals surface area contributed by atoms with Gasteiger partial charge in [-0.15, -0.1) is 0 Å². The molecule has 1 aliphatic heterocycles. The molecule has 0 radical (unpaired) electrons. The third kappa shape index (κ3) is 3.15. The Bertz CT molecular complexity index is 475. The molecule has 0 aliphatic carbocycles. The summed E-state index contributed by atoms with van der Waals surface area (Å²) >= 11 is 5.79. The fraction of sp³-hybridized carbons (Fsp3) is 0.500. The number of nitrogens with one attached hydrogen (secondary N) is 1. The van der Waals surface area contributed by atoms with Crippen molar-refractivity contribution in [1.82, 2.24) is 4.98 Å². The summed E-state index contributed by atoms with van der Waals surface area (Å²) in [4.78, 5) is 15.1. The van der Waals surface area contributed by atoms with E-state index in [9.17, 15) is 4.79 Å². The molecule has 19 heavy (non-hydrogen) atoms. The highest BCUT2D eigenvalue weighted by molar-refractivity contribution is 6.29. The zero-order valence-electron chi connectivity index (χ0n) is 10.5. The third-order valence-corrected chi connectivity index (χ3v) is 3.38. The summed E-state index contributed by atoms with van der Waals surface area (Å²) < 4.78 is 10.8.